The lowest BCUT2D eigenvalue weighted by molar-refractivity contribution is -0.134. The molecular weight excluding hydrogens is 406 g/mol. The number of rotatable bonds is 3. The molecule has 3 aromatic carbocycles. The fourth-order valence-corrected chi connectivity index (χ4v) is 3.17. The number of nitrogens with one attached hydrogen (secondary N) is 1. The number of nitrogens with two attached hydrogens (primary N) is 2. The molecule has 0 amide bonds. The zero-order valence-corrected chi connectivity index (χ0v) is 16.9. The second-order valence-electron chi connectivity index (χ2n) is 6.33. The van der Waals surface area contributed by atoms with E-state index in [1.807, 2.05) is 48.5 Å². The topological polar surface area (TPSA) is 159 Å². The van der Waals surface area contributed by atoms with Crippen LogP contribution < -0.4 is 16.8 Å². The van der Waals surface area contributed by atoms with Gasteiger partial charge < -0.3 is 27.4 Å². The van der Waals surface area contributed by atoms with Crippen molar-refractivity contribution in [2.75, 3.05) is 16.8 Å². The molecule has 0 aliphatic carbocycles. The van der Waals surface area contributed by atoms with E-state index in [0.29, 0.717) is 12.4 Å². The number of hydrogen-bond acceptors (Lipinski definition) is 6. The summed E-state index contributed by atoms with van der Waals surface area (Å²) < 4.78 is 0. The molecule has 8 nitrogen and oxygen atoms in total. The van der Waals surface area contributed by atoms with Crippen molar-refractivity contribution in [2.45, 2.75) is 13.5 Å². The van der Waals surface area contributed by atoms with Crippen molar-refractivity contribution in [3.8, 4) is 0 Å². The summed E-state index contributed by atoms with van der Waals surface area (Å²) in [5.41, 5.74) is 14.4. The molecule has 30 heavy (non-hydrogen) atoms. The third kappa shape index (κ3) is 5.25. The number of nitrogen functional groups attached to an aromatic ring is 2. The van der Waals surface area contributed by atoms with Crippen molar-refractivity contribution in [3.63, 3.8) is 0 Å². The minimum absolute atomic E-state index is 0. The van der Waals surface area contributed by atoms with E-state index in [1.165, 1.54) is 0 Å². The monoisotopic (exact) mass is 427 g/mol. The number of halogens is 1. The first-order valence-electron chi connectivity index (χ1n) is 8.77. The number of aliphatic carboxylic acids is 1. The van der Waals surface area contributed by atoms with E-state index >= 15 is 0 Å². The van der Waals surface area contributed by atoms with Crippen LogP contribution >= 0.6 is 11.6 Å². The summed E-state index contributed by atoms with van der Waals surface area (Å²) >= 11 is 6.28. The first-order valence-corrected chi connectivity index (χ1v) is 9.15. The van der Waals surface area contributed by atoms with Gasteiger partial charge >= 0.3 is 0 Å². The summed E-state index contributed by atoms with van der Waals surface area (Å²) in [7, 11) is 0. The van der Waals surface area contributed by atoms with Crippen LogP contribution in [-0.4, -0.2) is 26.5 Å². The lowest BCUT2D eigenvalue weighted by Gasteiger charge is -2.12. The van der Waals surface area contributed by atoms with Gasteiger partial charge in [-0.15, -0.1) is 0 Å². The van der Waals surface area contributed by atoms with Gasteiger partial charge in [0, 0.05) is 40.3 Å². The molecule has 0 saturated heterocycles. The number of nitrogens with zero attached hydrogens (tertiary/aromatic N) is 2. The van der Waals surface area contributed by atoms with Crippen molar-refractivity contribution in [3.05, 3.63) is 65.2 Å². The van der Waals surface area contributed by atoms with E-state index in [2.05, 4.69) is 21.4 Å². The molecule has 0 spiro atoms. The molecule has 0 aliphatic heterocycles. The fraction of sp³-hybridized carbons (Fsp3) is 0.0952. The fourth-order valence-electron chi connectivity index (χ4n) is 2.94. The summed E-state index contributed by atoms with van der Waals surface area (Å²) in [5, 5.41) is 14.5. The van der Waals surface area contributed by atoms with Crippen LogP contribution in [0.1, 0.15) is 12.5 Å². The van der Waals surface area contributed by atoms with Gasteiger partial charge in [0.15, 0.2) is 0 Å². The quantitative estimate of drug-likeness (QED) is 0.389. The molecule has 1 heterocycles. The Kier molecular flexibility index (Phi) is 7.35. The molecule has 0 unspecified atom stereocenters. The summed E-state index contributed by atoms with van der Waals surface area (Å²) in [6, 6.07) is 17.8. The summed E-state index contributed by atoms with van der Waals surface area (Å²) in [4.78, 5) is 17.2. The first kappa shape index (κ1) is 22.7. The Morgan fingerprint density at radius 2 is 1.70 bits per heavy atom. The lowest BCUT2D eigenvalue weighted by Crippen LogP contribution is -2.03. The number of benzene rings is 3. The van der Waals surface area contributed by atoms with Crippen molar-refractivity contribution in [2.24, 2.45) is 0 Å². The molecule has 9 heteroatoms. The molecule has 0 bridgehead atoms. The molecule has 4 aromatic rings. The van der Waals surface area contributed by atoms with E-state index in [4.69, 9.17) is 33.0 Å². The van der Waals surface area contributed by atoms with Crippen LogP contribution in [0.15, 0.2) is 54.6 Å². The zero-order valence-electron chi connectivity index (χ0n) is 16.2. The van der Waals surface area contributed by atoms with Gasteiger partial charge in [-0.2, -0.15) is 4.98 Å². The normalized spacial score (nSPS) is 10.1. The van der Waals surface area contributed by atoms with Crippen LogP contribution in [-0.2, 0) is 11.3 Å². The minimum atomic E-state index is -0.833. The van der Waals surface area contributed by atoms with Crippen molar-refractivity contribution in [1.29, 1.82) is 0 Å². The standard InChI is InChI=1S/C19H16ClN5.C2H4O2.H2O/c20-15-6-8-16(13-4-2-1-3-12(13)15)23-10-11-5-7-17-14(9-11)18(21)25-19(22)24-17;1-2(3)4;/h1-9,23H,10H2,(H4,21,22,24,25);1H3,(H,3,4);1H2. The summed E-state index contributed by atoms with van der Waals surface area (Å²) in [6.45, 7) is 1.73. The molecule has 0 aliphatic rings. The maximum absolute atomic E-state index is 9.00. The maximum Gasteiger partial charge on any atom is 0.300 e. The molecule has 0 saturated carbocycles. The average Bonchev–Trinajstić information content (AvgIpc) is 2.67. The van der Waals surface area contributed by atoms with Gasteiger partial charge in [0.2, 0.25) is 5.95 Å². The Morgan fingerprint density at radius 3 is 2.40 bits per heavy atom. The van der Waals surface area contributed by atoms with Gasteiger partial charge in [0.25, 0.3) is 5.97 Å². The van der Waals surface area contributed by atoms with Crippen molar-refractivity contribution >= 4 is 56.7 Å². The van der Waals surface area contributed by atoms with Crippen LogP contribution in [0.3, 0.4) is 0 Å². The summed E-state index contributed by atoms with van der Waals surface area (Å²) in [6.07, 6.45) is 0. The number of fused-ring (bicyclic) bond motifs is 2. The first-order chi connectivity index (χ1) is 13.8. The van der Waals surface area contributed by atoms with Gasteiger partial charge in [0.05, 0.1) is 5.52 Å². The van der Waals surface area contributed by atoms with Gasteiger partial charge in [0.1, 0.15) is 5.82 Å². The second-order valence-corrected chi connectivity index (χ2v) is 6.74. The SMILES string of the molecule is CC(=O)O.Nc1nc(N)c2cc(CNc3ccc(Cl)c4ccccc34)ccc2n1.O. The Bertz CT molecular complexity index is 1200. The van der Waals surface area contributed by atoms with Crippen LogP contribution in [0.5, 0.6) is 0 Å². The third-order valence-electron chi connectivity index (χ3n) is 4.16. The Morgan fingerprint density at radius 1 is 1.03 bits per heavy atom. The molecule has 0 radical (unpaired) electrons. The van der Waals surface area contributed by atoms with Gasteiger partial charge in [-0.25, -0.2) is 4.98 Å². The van der Waals surface area contributed by atoms with E-state index in [0.717, 1.165) is 44.9 Å². The van der Waals surface area contributed by atoms with Gasteiger partial charge in [-0.3, -0.25) is 4.79 Å². The van der Waals surface area contributed by atoms with Gasteiger partial charge in [-0.05, 0) is 29.8 Å². The van der Waals surface area contributed by atoms with Crippen LogP contribution in [0.4, 0.5) is 17.5 Å². The molecule has 4 rings (SSSR count). The van der Waals surface area contributed by atoms with E-state index in [9.17, 15) is 0 Å². The van der Waals surface area contributed by atoms with E-state index < -0.39 is 5.97 Å². The smallest absolute Gasteiger partial charge is 0.300 e. The number of anilines is 3. The summed E-state index contributed by atoms with van der Waals surface area (Å²) in [5.74, 6) is -0.259. The van der Waals surface area contributed by atoms with Crippen LogP contribution in [0.2, 0.25) is 5.02 Å². The Balaban J connectivity index is 0.000000591. The largest absolute Gasteiger partial charge is 0.481 e. The Labute approximate surface area is 177 Å². The molecule has 156 valence electrons. The number of hydrogen-bond donors (Lipinski definition) is 4. The predicted octanol–water partition coefficient (Wildman–Crippen LogP) is 3.48. The van der Waals surface area contributed by atoms with E-state index in [1.54, 1.807) is 0 Å². The van der Waals surface area contributed by atoms with Gasteiger partial charge in [-0.1, -0.05) is 41.9 Å². The molecule has 0 fully saturated rings. The highest BCUT2D eigenvalue weighted by atomic mass is 35.5. The Hall–Kier alpha value is -3.62. The van der Waals surface area contributed by atoms with E-state index in [-0.39, 0.29) is 11.4 Å². The molecule has 1 aromatic heterocycles. The van der Waals surface area contributed by atoms with Crippen molar-refractivity contribution < 1.29 is 15.4 Å². The van der Waals surface area contributed by atoms with Crippen LogP contribution in [0.25, 0.3) is 21.7 Å². The highest BCUT2D eigenvalue weighted by Crippen LogP contribution is 2.30. The number of carboxylic acids is 1. The lowest BCUT2D eigenvalue weighted by atomic mass is 10.1. The minimum Gasteiger partial charge on any atom is -0.481 e. The zero-order chi connectivity index (χ0) is 21.0. The third-order valence-corrected chi connectivity index (χ3v) is 4.49. The second kappa shape index (κ2) is 9.73. The average molecular weight is 428 g/mol. The number of aromatic nitrogens is 2. The predicted molar refractivity (Wildman–Crippen MR) is 122 cm³/mol. The molecule has 0 atom stereocenters. The maximum atomic E-state index is 9.00. The van der Waals surface area contributed by atoms with Crippen LogP contribution in [0, 0.1) is 0 Å². The highest BCUT2D eigenvalue weighted by molar-refractivity contribution is 6.36. The van der Waals surface area contributed by atoms with Crippen molar-refractivity contribution in [1.82, 2.24) is 9.97 Å². The molecule has 8 N–H and O–H groups in total. The number of carboxylic acid groups (broad SMARTS) is 1. The number of carbonyl (C=O) groups is 1. The highest BCUT2D eigenvalue weighted by Gasteiger charge is 2.07. The molecular formula is C21H22ClN5O3.